The first-order valence-electron chi connectivity index (χ1n) is 5.78. The molecule has 4 heteroatoms. The normalized spacial score (nSPS) is 18.7. The Morgan fingerprint density at radius 1 is 1.47 bits per heavy atom. The number of aliphatic hydroxyl groups is 1. The van der Waals surface area contributed by atoms with Gasteiger partial charge in [0.1, 0.15) is 0 Å². The first kappa shape index (κ1) is 12.1. The average Bonchev–Trinajstić information content (AvgIpc) is 2.51. The summed E-state index contributed by atoms with van der Waals surface area (Å²) in [5, 5.41) is 12.4. The number of amides is 1. The van der Waals surface area contributed by atoms with Crippen LogP contribution in [-0.4, -0.2) is 23.7 Å². The fourth-order valence-corrected chi connectivity index (χ4v) is 2.10. The highest BCUT2D eigenvalue weighted by molar-refractivity contribution is 6.05. The second-order valence-electron chi connectivity index (χ2n) is 5.05. The number of nitrogens with one attached hydrogen (secondary N) is 1. The Balaban J connectivity index is 2.32. The van der Waals surface area contributed by atoms with Crippen LogP contribution >= 0.6 is 0 Å². The van der Waals surface area contributed by atoms with Gasteiger partial charge < -0.3 is 16.2 Å². The standard InChI is InChI=1S/C13H18N2O2/c1-13(2)10-6-8(5-9(16)7-14)3-4-11(10)15-12(13)17/h3-4,6,9,16H,5,7,14H2,1-2H3,(H,15,17). The topological polar surface area (TPSA) is 75.3 Å². The van der Waals surface area contributed by atoms with Crippen LogP contribution in [-0.2, 0) is 16.6 Å². The number of anilines is 1. The van der Waals surface area contributed by atoms with E-state index in [0.29, 0.717) is 6.42 Å². The van der Waals surface area contributed by atoms with Crippen molar-refractivity contribution in [2.75, 3.05) is 11.9 Å². The summed E-state index contributed by atoms with van der Waals surface area (Å²) in [5.41, 5.74) is 7.75. The lowest BCUT2D eigenvalue weighted by atomic mass is 9.85. The Labute approximate surface area is 101 Å². The molecule has 1 amide bonds. The zero-order valence-electron chi connectivity index (χ0n) is 10.2. The summed E-state index contributed by atoms with van der Waals surface area (Å²) in [6.07, 6.45) is -0.00477. The molecule has 1 aromatic carbocycles. The maximum absolute atomic E-state index is 11.8. The molecule has 1 atom stereocenters. The molecule has 92 valence electrons. The number of carbonyl (C=O) groups is 1. The van der Waals surface area contributed by atoms with Crippen LogP contribution in [0.3, 0.4) is 0 Å². The highest BCUT2D eigenvalue weighted by atomic mass is 16.3. The van der Waals surface area contributed by atoms with Crippen LogP contribution in [0, 0.1) is 0 Å². The van der Waals surface area contributed by atoms with Gasteiger partial charge in [0.2, 0.25) is 5.91 Å². The SMILES string of the molecule is CC1(C)C(=O)Nc2ccc(CC(O)CN)cc21. The first-order valence-corrected chi connectivity index (χ1v) is 5.78. The zero-order chi connectivity index (χ0) is 12.6. The number of fused-ring (bicyclic) bond motifs is 1. The van der Waals surface area contributed by atoms with Gasteiger partial charge >= 0.3 is 0 Å². The van der Waals surface area contributed by atoms with Crippen molar-refractivity contribution in [2.24, 2.45) is 5.73 Å². The minimum Gasteiger partial charge on any atom is -0.391 e. The Morgan fingerprint density at radius 2 is 2.18 bits per heavy atom. The van der Waals surface area contributed by atoms with Gasteiger partial charge in [-0.2, -0.15) is 0 Å². The molecule has 0 bridgehead atoms. The number of rotatable bonds is 3. The Kier molecular flexibility index (Phi) is 2.93. The molecule has 2 rings (SSSR count). The van der Waals surface area contributed by atoms with Crippen molar-refractivity contribution in [3.05, 3.63) is 29.3 Å². The van der Waals surface area contributed by atoms with Crippen LogP contribution in [0.5, 0.6) is 0 Å². The maximum Gasteiger partial charge on any atom is 0.234 e. The highest BCUT2D eigenvalue weighted by Gasteiger charge is 2.38. The van der Waals surface area contributed by atoms with Crippen LogP contribution in [0.2, 0.25) is 0 Å². The van der Waals surface area contributed by atoms with E-state index in [1.165, 1.54) is 0 Å². The van der Waals surface area contributed by atoms with Crippen LogP contribution in [0.4, 0.5) is 5.69 Å². The summed E-state index contributed by atoms with van der Waals surface area (Å²) >= 11 is 0. The predicted octanol–water partition coefficient (Wildman–Crippen LogP) is 0.778. The predicted molar refractivity (Wildman–Crippen MR) is 66.9 cm³/mol. The smallest absolute Gasteiger partial charge is 0.234 e. The molecule has 0 spiro atoms. The molecule has 0 aliphatic carbocycles. The summed E-state index contributed by atoms with van der Waals surface area (Å²) in [6.45, 7) is 4.05. The number of aliphatic hydroxyl groups excluding tert-OH is 1. The van der Waals surface area contributed by atoms with Gasteiger partial charge in [0.05, 0.1) is 11.5 Å². The lowest BCUT2D eigenvalue weighted by Crippen LogP contribution is -2.27. The Bertz CT molecular complexity index is 455. The lowest BCUT2D eigenvalue weighted by Gasteiger charge is -2.16. The quantitative estimate of drug-likeness (QED) is 0.723. The summed E-state index contributed by atoms with van der Waals surface area (Å²) in [5.74, 6) is 0.0176. The molecule has 1 unspecified atom stereocenters. The largest absolute Gasteiger partial charge is 0.391 e. The summed E-state index contributed by atoms with van der Waals surface area (Å²) in [6, 6.07) is 5.78. The van der Waals surface area contributed by atoms with Crippen LogP contribution in [0.15, 0.2) is 18.2 Å². The fraction of sp³-hybridized carbons (Fsp3) is 0.462. The third-order valence-electron chi connectivity index (χ3n) is 3.32. The van der Waals surface area contributed by atoms with E-state index in [-0.39, 0.29) is 12.5 Å². The van der Waals surface area contributed by atoms with Gasteiger partial charge in [0, 0.05) is 12.2 Å². The van der Waals surface area contributed by atoms with Crippen LogP contribution in [0.25, 0.3) is 0 Å². The van der Waals surface area contributed by atoms with E-state index in [0.717, 1.165) is 16.8 Å². The number of benzene rings is 1. The minimum atomic E-state index is -0.527. The number of hydrogen-bond donors (Lipinski definition) is 3. The monoisotopic (exact) mass is 234 g/mol. The summed E-state index contributed by atoms with van der Waals surface area (Å²) < 4.78 is 0. The molecule has 1 aromatic rings. The van der Waals surface area contributed by atoms with E-state index in [1.54, 1.807) is 0 Å². The van der Waals surface area contributed by atoms with Gasteiger partial charge in [0.25, 0.3) is 0 Å². The molecule has 1 aliphatic rings. The molecular formula is C13H18N2O2. The fourth-order valence-electron chi connectivity index (χ4n) is 2.10. The molecule has 0 saturated carbocycles. The zero-order valence-corrected chi connectivity index (χ0v) is 10.2. The molecule has 1 heterocycles. The van der Waals surface area contributed by atoms with Crippen molar-refractivity contribution in [1.82, 2.24) is 0 Å². The summed E-state index contributed by atoms with van der Waals surface area (Å²) in [7, 11) is 0. The van der Waals surface area contributed by atoms with E-state index in [4.69, 9.17) is 5.73 Å². The van der Waals surface area contributed by atoms with E-state index >= 15 is 0 Å². The molecule has 4 N–H and O–H groups in total. The Morgan fingerprint density at radius 3 is 2.82 bits per heavy atom. The molecule has 4 nitrogen and oxygen atoms in total. The second-order valence-corrected chi connectivity index (χ2v) is 5.05. The van der Waals surface area contributed by atoms with Crippen molar-refractivity contribution < 1.29 is 9.90 Å². The second kappa shape index (κ2) is 4.13. The third-order valence-corrected chi connectivity index (χ3v) is 3.32. The van der Waals surface area contributed by atoms with Gasteiger partial charge in [-0.25, -0.2) is 0 Å². The van der Waals surface area contributed by atoms with Crippen molar-refractivity contribution in [3.63, 3.8) is 0 Å². The average molecular weight is 234 g/mol. The van der Waals surface area contributed by atoms with E-state index in [9.17, 15) is 9.90 Å². The molecule has 0 saturated heterocycles. The van der Waals surface area contributed by atoms with E-state index in [1.807, 2.05) is 32.0 Å². The van der Waals surface area contributed by atoms with Crippen molar-refractivity contribution >= 4 is 11.6 Å². The van der Waals surface area contributed by atoms with Crippen molar-refractivity contribution in [2.45, 2.75) is 31.8 Å². The molecule has 0 aromatic heterocycles. The minimum absolute atomic E-state index is 0.0176. The molecule has 0 radical (unpaired) electrons. The third kappa shape index (κ3) is 2.06. The van der Waals surface area contributed by atoms with Crippen LogP contribution < -0.4 is 11.1 Å². The lowest BCUT2D eigenvalue weighted by molar-refractivity contribution is -0.119. The molecule has 17 heavy (non-hydrogen) atoms. The van der Waals surface area contributed by atoms with Crippen molar-refractivity contribution in [1.29, 1.82) is 0 Å². The van der Waals surface area contributed by atoms with Gasteiger partial charge in [-0.1, -0.05) is 12.1 Å². The van der Waals surface area contributed by atoms with Crippen molar-refractivity contribution in [3.8, 4) is 0 Å². The van der Waals surface area contributed by atoms with E-state index < -0.39 is 11.5 Å². The van der Waals surface area contributed by atoms with Gasteiger partial charge in [-0.05, 0) is 37.5 Å². The first-order chi connectivity index (χ1) is 7.95. The molecular weight excluding hydrogens is 216 g/mol. The highest BCUT2D eigenvalue weighted by Crippen LogP contribution is 2.37. The van der Waals surface area contributed by atoms with Crippen LogP contribution in [0.1, 0.15) is 25.0 Å². The number of carbonyl (C=O) groups excluding carboxylic acids is 1. The van der Waals surface area contributed by atoms with E-state index in [2.05, 4.69) is 5.32 Å². The maximum atomic E-state index is 11.8. The van der Waals surface area contributed by atoms with Gasteiger partial charge in [-0.3, -0.25) is 4.79 Å². The Hall–Kier alpha value is -1.39. The summed E-state index contributed by atoms with van der Waals surface area (Å²) in [4.78, 5) is 11.8. The van der Waals surface area contributed by atoms with Gasteiger partial charge in [-0.15, -0.1) is 0 Å². The number of nitrogens with two attached hydrogens (primary N) is 1. The number of hydrogen-bond acceptors (Lipinski definition) is 3. The van der Waals surface area contributed by atoms with Gasteiger partial charge in [0.15, 0.2) is 0 Å². The molecule has 1 aliphatic heterocycles. The molecule has 0 fully saturated rings.